The molecule has 0 aliphatic carbocycles. The summed E-state index contributed by atoms with van der Waals surface area (Å²) in [4.78, 5) is 0. The minimum absolute atomic E-state index is 0.121. The summed E-state index contributed by atoms with van der Waals surface area (Å²) in [5.74, 6) is 0.268. The number of aliphatic hydroxyl groups is 1. The largest absolute Gasteiger partial charge is 0.467 e. The molecule has 0 radical (unpaired) electrons. The smallest absolute Gasteiger partial charge is 0.146 e. The molecule has 0 saturated carbocycles. The fraction of sp³-hybridized carbons (Fsp3) is 0.286. The maximum Gasteiger partial charge on any atom is 0.146 e. The lowest BCUT2D eigenvalue weighted by atomic mass is 10.3. The topological polar surface area (TPSA) is 54.6 Å². The van der Waals surface area contributed by atoms with Crippen LogP contribution in [0.3, 0.4) is 0 Å². The molecule has 4 nitrogen and oxygen atoms in total. The molecule has 0 aliphatic heterocycles. The zero-order chi connectivity index (χ0) is 14.4. The second kappa shape index (κ2) is 7.28. The van der Waals surface area contributed by atoms with Gasteiger partial charge in [0.1, 0.15) is 18.2 Å². The second-order valence-electron chi connectivity index (χ2n) is 4.25. The van der Waals surface area contributed by atoms with Gasteiger partial charge in [0.25, 0.3) is 0 Å². The van der Waals surface area contributed by atoms with Gasteiger partial charge in [-0.05, 0) is 30.3 Å². The first kappa shape index (κ1) is 14.8. The first-order valence-electron chi connectivity index (χ1n) is 6.12. The third-order valence-electron chi connectivity index (χ3n) is 2.59. The molecular formula is C14H15ClFNO3. The summed E-state index contributed by atoms with van der Waals surface area (Å²) in [7, 11) is 0. The van der Waals surface area contributed by atoms with Crippen LogP contribution in [0, 0.1) is 5.82 Å². The van der Waals surface area contributed by atoms with Crippen LogP contribution >= 0.6 is 11.6 Å². The van der Waals surface area contributed by atoms with Gasteiger partial charge in [0.15, 0.2) is 0 Å². The van der Waals surface area contributed by atoms with Gasteiger partial charge < -0.3 is 19.6 Å². The van der Waals surface area contributed by atoms with E-state index in [2.05, 4.69) is 5.32 Å². The van der Waals surface area contributed by atoms with E-state index in [9.17, 15) is 9.50 Å². The molecule has 1 aromatic heterocycles. The summed E-state index contributed by atoms with van der Waals surface area (Å²) in [6.45, 7) is 0.570. The number of ether oxygens (including phenoxy) is 1. The van der Waals surface area contributed by atoms with Crippen molar-refractivity contribution in [3.05, 3.63) is 53.2 Å². The highest BCUT2D eigenvalue weighted by Crippen LogP contribution is 2.19. The Kier molecular flexibility index (Phi) is 5.40. The third-order valence-corrected chi connectivity index (χ3v) is 2.83. The van der Waals surface area contributed by atoms with Gasteiger partial charge in [-0.15, -0.1) is 0 Å². The van der Waals surface area contributed by atoms with Gasteiger partial charge >= 0.3 is 0 Å². The van der Waals surface area contributed by atoms with Crippen molar-refractivity contribution in [2.24, 2.45) is 0 Å². The van der Waals surface area contributed by atoms with Crippen molar-refractivity contribution in [1.29, 1.82) is 0 Å². The van der Waals surface area contributed by atoms with Crippen LogP contribution in [0.2, 0.25) is 5.02 Å². The van der Waals surface area contributed by atoms with Crippen molar-refractivity contribution in [2.45, 2.75) is 12.7 Å². The quantitative estimate of drug-likeness (QED) is 0.825. The summed E-state index contributed by atoms with van der Waals surface area (Å²) in [5, 5.41) is 12.9. The van der Waals surface area contributed by atoms with Crippen molar-refractivity contribution in [3.8, 4) is 0 Å². The summed E-state index contributed by atoms with van der Waals surface area (Å²) in [6, 6.07) is 7.74. The van der Waals surface area contributed by atoms with Crippen LogP contribution in [-0.4, -0.2) is 24.4 Å². The van der Waals surface area contributed by atoms with Crippen LogP contribution in [0.1, 0.15) is 5.76 Å². The molecule has 20 heavy (non-hydrogen) atoms. The molecule has 2 N–H and O–H groups in total. The molecule has 1 unspecified atom stereocenters. The summed E-state index contributed by atoms with van der Waals surface area (Å²) < 4.78 is 23.8. The number of nitrogens with one attached hydrogen (secondary N) is 1. The van der Waals surface area contributed by atoms with E-state index >= 15 is 0 Å². The van der Waals surface area contributed by atoms with Crippen molar-refractivity contribution in [1.82, 2.24) is 0 Å². The lowest BCUT2D eigenvalue weighted by Gasteiger charge is -2.13. The molecule has 0 saturated heterocycles. The van der Waals surface area contributed by atoms with Crippen molar-refractivity contribution < 1.29 is 18.7 Å². The van der Waals surface area contributed by atoms with E-state index in [0.29, 0.717) is 10.8 Å². The molecule has 0 amide bonds. The summed E-state index contributed by atoms with van der Waals surface area (Å²) >= 11 is 5.77. The molecule has 1 aromatic carbocycles. The maximum absolute atomic E-state index is 13.4. The van der Waals surface area contributed by atoms with Gasteiger partial charge in [-0.3, -0.25) is 0 Å². The standard InChI is InChI=1S/C14H15ClFNO3/c15-10-3-4-13(16)14(6-10)17-7-11(18)8-19-9-12-2-1-5-20-12/h1-6,11,17-18H,7-9H2. The van der Waals surface area contributed by atoms with Crippen LogP contribution in [-0.2, 0) is 11.3 Å². The molecule has 6 heteroatoms. The van der Waals surface area contributed by atoms with Crippen LogP contribution in [0.15, 0.2) is 41.0 Å². The van der Waals surface area contributed by atoms with Crippen molar-refractivity contribution >= 4 is 17.3 Å². The van der Waals surface area contributed by atoms with Gasteiger partial charge in [-0.1, -0.05) is 11.6 Å². The van der Waals surface area contributed by atoms with E-state index < -0.39 is 11.9 Å². The predicted octanol–water partition coefficient (Wildman–Crippen LogP) is 3.06. The number of halogens is 2. The SMILES string of the molecule is OC(CNc1cc(Cl)ccc1F)COCc1ccco1. The van der Waals surface area contributed by atoms with E-state index in [1.165, 1.54) is 18.2 Å². The molecule has 0 bridgehead atoms. The lowest BCUT2D eigenvalue weighted by Crippen LogP contribution is -2.25. The number of hydrogen-bond donors (Lipinski definition) is 2. The minimum Gasteiger partial charge on any atom is -0.467 e. The molecule has 0 fully saturated rings. The van der Waals surface area contributed by atoms with Crippen LogP contribution in [0.25, 0.3) is 0 Å². The number of furan rings is 1. The molecule has 1 atom stereocenters. The Balaban J connectivity index is 1.71. The monoisotopic (exact) mass is 299 g/mol. The minimum atomic E-state index is -0.761. The third kappa shape index (κ3) is 4.52. The molecule has 0 aliphatic rings. The predicted molar refractivity (Wildman–Crippen MR) is 74.3 cm³/mol. The molecule has 1 heterocycles. The van der Waals surface area contributed by atoms with Crippen LogP contribution < -0.4 is 5.32 Å². The van der Waals surface area contributed by atoms with Crippen LogP contribution in [0.4, 0.5) is 10.1 Å². The first-order valence-corrected chi connectivity index (χ1v) is 6.50. The highest BCUT2D eigenvalue weighted by atomic mass is 35.5. The van der Waals surface area contributed by atoms with E-state index in [0.717, 1.165) is 0 Å². The fourth-order valence-electron chi connectivity index (χ4n) is 1.61. The number of rotatable bonds is 7. The fourth-order valence-corrected chi connectivity index (χ4v) is 1.78. The Bertz CT molecular complexity index is 533. The zero-order valence-corrected chi connectivity index (χ0v) is 11.4. The van der Waals surface area contributed by atoms with Gasteiger partial charge in [0.05, 0.1) is 24.7 Å². The molecule has 2 rings (SSSR count). The second-order valence-corrected chi connectivity index (χ2v) is 4.69. The zero-order valence-electron chi connectivity index (χ0n) is 10.7. The van der Waals surface area contributed by atoms with E-state index in [-0.39, 0.29) is 25.4 Å². The van der Waals surface area contributed by atoms with E-state index in [1.54, 1.807) is 18.4 Å². The van der Waals surface area contributed by atoms with E-state index in [1.807, 2.05) is 0 Å². The Morgan fingerprint density at radius 1 is 1.40 bits per heavy atom. The first-order chi connectivity index (χ1) is 9.65. The molecular weight excluding hydrogens is 285 g/mol. The number of hydrogen-bond acceptors (Lipinski definition) is 4. The molecule has 108 valence electrons. The number of anilines is 1. The summed E-state index contributed by atoms with van der Waals surface area (Å²) in [5.41, 5.74) is 0.252. The number of aliphatic hydroxyl groups excluding tert-OH is 1. The Hall–Kier alpha value is -1.56. The Labute approximate surface area is 121 Å². The average molecular weight is 300 g/mol. The number of benzene rings is 1. The van der Waals surface area contributed by atoms with Crippen molar-refractivity contribution in [2.75, 3.05) is 18.5 Å². The lowest BCUT2D eigenvalue weighted by molar-refractivity contribution is 0.0282. The van der Waals surface area contributed by atoms with Crippen molar-refractivity contribution in [3.63, 3.8) is 0 Å². The van der Waals surface area contributed by atoms with Gasteiger partial charge in [-0.25, -0.2) is 4.39 Å². The Morgan fingerprint density at radius 3 is 3.00 bits per heavy atom. The van der Waals surface area contributed by atoms with Gasteiger partial charge in [0.2, 0.25) is 0 Å². The maximum atomic E-state index is 13.4. The Morgan fingerprint density at radius 2 is 2.25 bits per heavy atom. The highest BCUT2D eigenvalue weighted by molar-refractivity contribution is 6.30. The highest BCUT2D eigenvalue weighted by Gasteiger charge is 2.08. The normalized spacial score (nSPS) is 12.3. The van der Waals surface area contributed by atoms with Gasteiger partial charge in [-0.2, -0.15) is 0 Å². The molecule has 0 spiro atoms. The van der Waals surface area contributed by atoms with Gasteiger partial charge in [0, 0.05) is 11.6 Å². The van der Waals surface area contributed by atoms with E-state index in [4.69, 9.17) is 20.8 Å². The van der Waals surface area contributed by atoms with Crippen LogP contribution in [0.5, 0.6) is 0 Å². The molecule has 2 aromatic rings. The average Bonchev–Trinajstić information content (AvgIpc) is 2.93. The summed E-state index contributed by atoms with van der Waals surface area (Å²) in [6.07, 6.45) is 0.793.